The minimum absolute atomic E-state index is 0.370. The maximum absolute atomic E-state index is 4.88. The topological polar surface area (TPSA) is 72.6 Å². The largest absolute Gasteiger partial charge is 0.341 e. The van der Waals surface area contributed by atoms with Crippen LogP contribution in [0.5, 0.6) is 0 Å². The highest BCUT2D eigenvalue weighted by atomic mass is 15.2. The Bertz CT molecular complexity index is 1620. The van der Waals surface area contributed by atoms with Crippen LogP contribution in [-0.2, 0) is 0 Å². The van der Waals surface area contributed by atoms with Gasteiger partial charge in [-0.25, -0.2) is 9.97 Å². The van der Waals surface area contributed by atoms with Gasteiger partial charge in [-0.15, -0.1) is 0 Å². The van der Waals surface area contributed by atoms with Gasteiger partial charge < -0.3 is 15.3 Å². The van der Waals surface area contributed by atoms with Crippen LogP contribution in [0.4, 0.5) is 0 Å². The van der Waals surface area contributed by atoms with Crippen LogP contribution in [-0.4, -0.2) is 44.0 Å². The smallest absolute Gasteiger partial charge is 0.123 e. The van der Waals surface area contributed by atoms with Gasteiger partial charge in [-0.2, -0.15) is 0 Å². The first-order valence-corrected chi connectivity index (χ1v) is 15.4. The first-order chi connectivity index (χ1) is 19.5. The molecule has 2 aromatic heterocycles. The van der Waals surface area contributed by atoms with Crippen molar-refractivity contribution in [2.45, 2.75) is 82.5 Å². The fourth-order valence-corrected chi connectivity index (χ4v) is 9.19. The lowest BCUT2D eigenvalue weighted by Crippen LogP contribution is -2.31. The molecule has 6 nitrogen and oxygen atoms in total. The molecule has 0 amide bonds. The average Bonchev–Trinajstić information content (AvgIpc) is 3.78. The van der Waals surface area contributed by atoms with Crippen molar-refractivity contribution in [3.63, 3.8) is 0 Å². The zero-order valence-corrected chi connectivity index (χ0v) is 23.5. The average molecular weight is 531 g/mol. The SMILES string of the molecule is CN1C(c2ncc(-c3ccc4c(c3)-c3ccc(-c5cnc(C6CC7CCCC7N6)[nH]5)cc3-4)[nH]2)CC2(C)CCCC12. The summed E-state index contributed by atoms with van der Waals surface area (Å²) in [7, 11) is 2.30. The molecule has 3 N–H and O–H groups in total. The van der Waals surface area contributed by atoms with Gasteiger partial charge in [-0.3, -0.25) is 4.90 Å². The fourth-order valence-electron chi connectivity index (χ4n) is 9.19. The molecule has 6 heteroatoms. The number of fused-ring (bicyclic) bond motifs is 6. The summed E-state index contributed by atoms with van der Waals surface area (Å²) in [6.45, 7) is 2.48. The zero-order chi connectivity index (χ0) is 26.6. The van der Waals surface area contributed by atoms with Crippen molar-refractivity contribution in [3.05, 3.63) is 60.4 Å². The molecule has 40 heavy (non-hydrogen) atoms. The van der Waals surface area contributed by atoms with Gasteiger partial charge in [-0.05, 0) is 91.3 Å². The molecule has 2 saturated heterocycles. The van der Waals surface area contributed by atoms with Crippen molar-refractivity contribution in [1.82, 2.24) is 30.2 Å². The Kier molecular flexibility index (Phi) is 4.93. The highest BCUT2D eigenvalue weighted by Gasteiger charge is 2.51. The number of likely N-dealkylation sites (tertiary alicyclic amines) is 1. The number of benzene rings is 2. The molecule has 4 fully saturated rings. The normalized spacial score (nSPS) is 32.1. The second-order valence-electron chi connectivity index (χ2n) is 13.6. The maximum Gasteiger partial charge on any atom is 0.123 e. The van der Waals surface area contributed by atoms with E-state index in [-0.39, 0.29) is 0 Å². The van der Waals surface area contributed by atoms with Gasteiger partial charge >= 0.3 is 0 Å². The van der Waals surface area contributed by atoms with E-state index in [9.17, 15) is 0 Å². The lowest BCUT2D eigenvalue weighted by Gasteiger charge is -2.26. The third kappa shape index (κ3) is 3.35. The van der Waals surface area contributed by atoms with Crippen LogP contribution in [0.15, 0.2) is 48.8 Å². The van der Waals surface area contributed by atoms with E-state index >= 15 is 0 Å². The van der Waals surface area contributed by atoms with Crippen LogP contribution in [0.25, 0.3) is 44.8 Å². The first-order valence-electron chi connectivity index (χ1n) is 15.4. The molecular formula is C34H38N6. The van der Waals surface area contributed by atoms with Crippen molar-refractivity contribution in [2.75, 3.05) is 7.05 Å². The lowest BCUT2D eigenvalue weighted by atomic mass is 9.78. The summed E-state index contributed by atoms with van der Waals surface area (Å²) in [6, 6.07) is 15.9. The van der Waals surface area contributed by atoms with E-state index in [2.05, 4.69) is 70.6 Å². The van der Waals surface area contributed by atoms with E-state index in [1.807, 2.05) is 12.4 Å². The predicted molar refractivity (Wildman–Crippen MR) is 159 cm³/mol. The minimum atomic E-state index is 0.370. The summed E-state index contributed by atoms with van der Waals surface area (Å²) < 4.78 is 0. The fraction of sp³-hybridized carbons (Fsp3) is 0.471. The zero-order valence-electron chi connectivity index (χ0n) is 23.5. The standard InChI is InChI=1S/C34H38N6/c1-34-12-4-7-31(34)40(2)30(16-34)33-36-18-29(39-33)21-9-11-23-24-13-20(8-10-22(24)25(23)14-21)28-17-35-32(38-28)27-15-19-5-3-6-26(19)37-27/h8-11,13-14,17-19,26-27,30-31,37H,3-7,12,15-16H2,1-2H3,(H,35,38)(H,36,39). The first kappa shape index (κ1) is 23.5. The van der Waals surface area contributed by atoms with Crippen LogP contribution >= 0.6 is 0 Å². The van der Waals surface area contributed by atoms with Crippen LogP contribution in [0.3, 0.4) is 0 Å². The molecule has 2 saturated carbocycles. The minimum Gasteiger partial charge on any atom is -0.341 e. The van der Waals surface area contributed by atoms with Crippen LogP contribution in [0, 0.1) is 11.3 Å². The number of rotatable bonds is 4. The number of imidazole rings is 2. The molecule has 3 aliphatic carbocycles. The van der Waals surface area contributed by atoms with Crippen molar-refractivity contribution < 1.29 is 0 Å². The highest BCUT2D eigenvalue weighted by Crippen LogP contribution is 2.55. The molecule has 4 heterocycles. The Morgan fingerprint density at radius 2 is 1.52 bits per heavy atom. The molecule has 2 aliphatic heterocycles. The molecule has 2 aromatic carbocycles. The molecule has 6 atom stereocenters. The molecule has 6 unspecified atom stereocenters. The predicted octanol–water partition coefficient (Wildman–Crippen LogP) is 7.25. The van der Waals surface area contributed by atoms with E-state index < -0.39 is 0 Å². The van der Waals surface area contributed by atoms with Crippen molar-refractivity contribution >= 4 is 0 Å². The van der Waals surface area contributed by atoms with Gasteiger partial charge in [0.2, 0.25) is 0 Å². The number of hydrogen-bond donors (Lipinski definition) is 3. The highest BCUT2D eigenvalue weighted by molar-refractivity contribution is 6.04. The third-order valence-electron chi connectivity index (χ3n) is 11.4. The van der Waals surface area contributed by atoms with Gasteiger partial charge in [0.05, 0.1) is 35.9 Å². The van der Waals surface area contributed by atoms with Gasteiger partial charge in [0, 0.05) is 23.2 Å². The number of H-pyrrole nitrogens is 2. The summed E-state index contributed by atoms with van der Waals surface area (Å²) in [6.07, 6.45) is 14.6. The quantitative estimate of drug-likeness (QED) is 0.229. The van der Waals surface area contributed by atoms with Gasteiger partial charge in [-0.1, -0.05) is 44.0 Å². The number of aromatic nitrogens is 4. The van der Waals surface area contributed by atoms with Crippen molar-refractivity contribution in [2.24, 2.45) is 11.3 Å². The summed E-state index contributed by atoms with van der Waals surface area (Å²) >= 11 is 0. The van der Waals surface area contributed by atoms with Gasteiger partial charge in [0.1, 0.15) is 11.6 Å². The summed E-state index contributed by atoms with van der Waals surface area (Å²) in [4.78, 5) is 19.6. The number of hydrogen-bond acceptors (Lipinski definition) is 4. The number of aromatic amines is 2. The molecule has 204 valence electrons. The third-order valence-corrected chi connectivity index (χ3v) is 11.4. The molecule has 9 rings (SSSR count). The van der Waals surface area contributed by atoms with Crippen molar-refractivity contribution in [3.8, 4) is 44.8 Å². The Hall–Kier alpha value is -3.22. The van der Waals surface area contributed by atoms with E-state index in [0.29, 0.717) is 29.6 Å². The van der Waals surface area contributed by atoms with E-state index in [4.69, 9.17) is 9.97 Å². The Morgan fingerprint density at radius 3 is 2.23 bits per heavy atom. The molecule has 0 bridgehead atoms. The number of nitrogens with one attached hydrogen (secondary N) is 3. The van der Waals surface area contributed by atoms with Gasteiger partial charge in [0.25, 0.3) is 0 Å². The monoisotopic (exact) mass is 530 g/mol. The van der Waals surface area contributed by atoms with Crippen LogP contribution in [0.1, 0.15) is 82.0 Å². The summed E-state index contributed by atoms with van der Waals surface area (Å²) in [5, 5.41) is 3.82. The van der Waals surface area contributed by atoms with Crippen molar-refractivity contribution in [1.29, 1.82) is 0 Å². The van der Waals surface area contributed by atoms with Crippen LogP contribution < -0.4 is 5.32 Å². The molecule has 0 radical (unpaired) electrons. The van der Waals surface area contributed by atoms with E-state index in [1.165, 1.54) is 84.7 Å². The summed E-state index contributed by atoms with van der Waals surface area (Å²) in [5.41, 5.74) is 10.4. The Balaban J connectivity index is 0.943. The molecule has 5 aliphatic rings. The summed E-state index contributed by atoms with van der Waals surface area (Å²) in [5.74, 6) is 3.05. The number of nitrogens with zero attached hydrogens (tertiary/aromatic N) is 3. The van der Waals surface area contributed by atoms with E-state index in [0.717, 1.165) is 29.0 Å². The Morgan fingerprint density at radius 1 is 0.825 bits per heavy atom. The maximum atomic E-state index is 4.88. The van der Waals surface area contributed by atoms with Gasteiger partial charge in [0.15, 0.2) is 0 Å². The second kappa shape index (κ2) is 8.40. The molecule has 0 spiro atoms. The lowest BCUT2D eigenvalue weighted by molar-refractivity contribution is 0.204. The second-order valence-corrected chi connectivity index (χ2v) is 13.6. The Labute approximate surface area is 236 Å². The molecule has 4 aromatic rings. The van der Waals surface area contributed by atoms with E-state index in [1.54, 1.807) is 0 Å². The molecular weight excluding hydrogens is 492 g/mol. The van der Waals surface area contributed by atoms with Crippen LogP contribution in [0.2, 0.25) is 0 Å².